The van der Waals surface area contributed by atoms with Gasteiger partial charge in [-0.2, -0.15) is 0 Å². The summed E-state index contributed by atoms with van der Waals surface area (Å²) < 4.78 is 5.37. The maximum atomic E-state index is 12.7. The van der Waals surface area contributed by atoms with Crippen LogP contribution in [0.25, 0.3) is 0 Å². The van der Waals surface area contributed by atoms with E-state index in [0.29, 0.717) is 18.9 Å². The Bertz CT molecular complexity index is 760. The molecule has 2 N–H and O–H groups in total. The molecular formula is C18H24ClN5O2S. The first-order valence-corrected chi connectivity index (χ1v) is 9.83. The number of nitrogens with one attached hydrogen (secondary N) is 2. The Labute approximate surface area is 169 Å². The van der Waals surface area contributed by atoms with Crippen LogP contribution in [0, 0.1) is 0 Å². The summed E-state index contributed by atoms with van der Waals surface area (Å²) >= 11 is 1.51. The minimum atomic E-state index is -0.164. The van der Waals surface area contributed by atoms with E-state index in [1.165, 1.54) is 11.3 Å². The standard InChI is InChI=1S/C18H23N5O2S.ClH/c24-17(15-13-26-18(21-15)23-9-11-25-12-10-23)20-14-3-1-2-4-16(14)22-7-5-19-6-8-22;/h1-4,13,19H,5-12H2,(H,20,24);1H. The molecule has 0 aliphatic carbocycles. The van der Waals surface area contributed by atoms with Crippen molar-refractivity contribution >= 4 is 46.2 Å². The van der Waals surface area contributed by atoms with Crippen molar-refractivity contribution in [1.29, 1.82) is 0 Å². The summed E-state index contributed by atoms with van der Waals surface area (Å²) in [5.74, 6) is -0.164. The van der Waals surface area contributed by atoms with Crippen LogP contribution in [0.1, 0.15) is 10.5 Å². The zero-order chi connectivity index (χ0) is 17.8. The van der Waals surface area contributed by atoms with Crippen LogP contribution in [0.2, 0.25) is 0 Å². The number of rotatable bonds is 4. The van der Waals surface area contributed by atoms with Gasteiger partial charge in [0.2, 0.25) is 0 Å². The number of para-hydroxylation sites is 2. The molecule has 146 valence electrons. The number of carbonyl (C=O) groups excluding carboxylic acids is 1. The Morgan fingerprint density at radius 3 is 2.63 bits per heavy atom. The summed E-state index contributed by atoms with van der Waals surface area (Å²) in [6.07, 6.45) is 0. The van der Waals surface area contributed by atoms with Crippen LogP contribution in [0.15, 0.2) is 29.6 Å². The zero-order valence-electron chi connectivity index (χ0n) is 15.0. The molecule has 3 heterocycles. The van der Waals surface area contributed by atoms with Crippen LogP contribution in [-0.2, 0) is 4.74 Å². The van der Waals surface area contributed by atoms with Gasteiger partial charge in [0.1, 0.15) is 5.69 Å². The SMILES string of the molecule is Cl.O=C(Nc1ccccc1N1CCNCC1)c1csc(N2CCOCC2)n1. The molecule has 1 aromatic heterocycles. The quantitative estimate of drug-likeness (QED) is 0.805. The predicted molar refractivity (Wildman–Crippen MR) is 112 cm³/mol. The van der Waals surface area contributed by atoms with Crippen LogP contribution in [0.4, 0.5) is 16.5 Å². The number of anilines is 3. The number of thiazole rings is 1. The van der Waals surface area contributed by atoms with Gasteiger partial charge in [-0.1, -0.05) is 12.1 Å². The molecule has 0 unspecified atom stereocenters. The second kappa shape index (κ2) is 9.36. The summed E-state index contributed by atoms with van der Waals surface area (Å²) in [6, 6.07) is 7.96. The second-order valence-corrected chi connectivity index (χ2v) is 7.16. The molecule has 9 heteroatoms. The van der Waals surface area contributed by atoms with Crippen molar-refractivity contribution in [2.45, 2.75) is 0 Å². The number of carbonyl (C=O) groups is 1. The van der Waals surface area contributed by atoms with Crippen LogP contribution >= 0.6 is 23.7 Å². The molecule has 1 amide bonds. The van der Waals surface area contributed by atoms with E-state index in [2.05, 4.69) is 31.5 Å². The van der Waals surface area contributed by atoms with Gasteiger partial charge >= 0.3 is 0 Å². The summed E-state index contributed by atoms with van der Waals surface area (Å²) in [7, 11) is 0. The van der Waals surface area contributed by atoms with Gasteiger partial charge in [0.15, 0.2) is 5.13 Å². The molecule has 27 heavy (non-hydrogen) atoms. The van der Waals surface area contributed by atoms with Gasteiger partial charge < -0.3 is 25.2 Å². The van der Waals surface area contributed by atoms with Crippen molar-refractivity contribution in [3.8, 4) is 0 Å². The first-order chi connectivity index (χ1) is 12.8. The van der Waals surface area contributed by atoms with Gasteiger partial charge in [0.25, 0.3) is 5.91 Å². The van der Waals surface area contributed by atoms with Crippen molar-refractivity contribution in [3.63, 3.8) is 0 Å². The van der Waals surface area contributed by atoms with E-state index >= 15 is 0 Å². The van der Waals surface area contributed by atoms with Gasteiger partial charge in [0, 0.05) is 44.6 Å². The lowest BCUT2D eigenvalue weighted by Crippen LogP contribution is -2.43. The van der Waals surface area contributed by atoms with Crippen LogP contribution < -0.4 is 20.4 Å². The highest BCUT2D eigenvalue weighted by atomic mass is 35.5. The Balaban J connectivity index is 0.00000210. The number of piperazine rings is 1. The average molecular weight is 410 g/mol. The van der Waals surface area contributed by atoms with Crippen molar-refractivity contribution in [1.82, 2.24) is 10.3 Å². The Hall–Kier alpha value is -1.87. The largest absolute Gasteiger partial charge is 0.378 e. The molecule has 0 saturated carbocycles. The number of hydrogen-bond donors (Lipinski definition) is 2. The highest BCUT2D eigenvalue weighted by Crippen LogP contribution is 2.27. The van der Waals surface area contributed by atoms with E-state index in [9.17, 15) is 4.79 Å². The molecular weight excluding hydrogens is 386 g/mol. The highest BCUT2D eigenvalue weighted by Gasteiger charge is 2.19. The topological polar surface area (TPSA) is 69.7 Å². The molecule has 0 bridgehead atoms. The van der Waals surface area contributed by atoms with Gasteiger partial charge in [-0.25, -0.2) is 4.98 Å². The zero-order valence-corrected chi connectivity index (χ0v) is 16.7. The maximum Gasteiger partial charge on any atom is 0.275 e. The molecule has 2 aliphatic heterocycles. The molecule has 2 saturated heterocycles. The lowest BCUT2D eigenvalue weighted by Gasteiger charge is -2.31. The smallest absolute Gasteiger partial charge is 0.275 e. The van der Waals surface area contributed by atoms with E-state index in [1.54, 1.807) is 0 Å². The lowest BCUT2D eigenvalue weighted by molar-refractivity contribution is 0.102. The summed E-state index contributed by atoms with van der Waals surface area (Å²) in [4.78, 5) is 21.7. The highest BCUT2D eigenvalue weighted by molar-refractivity contribution is 7.14. The van der Waals surface area contributed by atoms with Gasteiger partial charge in [-0.3, -0.25) is 4.79 Å². The van der Waals surface area contributed by atoms with E-state index in [4.69, 9.17) is 4.74 Å². The van der Waals surface area contributed by atoms with Crippen molar-refractivity contribution in [2.75, 3.05) is 67.6 Å². The maximum absolute atomic E-state index is 12.7. The number of halogens is 1. The first-order valence-electron chi connectivity index (χ1n) is 8.95. The molecule has 4 rings (SSSR count). The Morgan fingerprint density at radius 1 is 1.11 bits per heavy atom. The first kappa shape index (κ1) is 19.9. The average Bonchev–Trinajstić information content (AvgIpc) is 3.20. The Kier molecular flexibility index (Phi) is 6.89. The number of nitrogens with zero attached hydrogens (tertiary/aromatic N) is 3. The molecule has 7 nitrogen and oxygen atoms in total. The Morgan fingerprint density at radius 2 is 1.85 bits per heavy atom. The number of hydrogen-bond acceptors (Lipinski definition) is 7. The van der Waals surface area contributed by atoms with Gasteiger partial charge in [-0.05, 0) is 12.1 Å². The van der Waals surface area contributed by atoms with E-state index < -0.39 is 0 Å². The van der Waals surface area contributed by atoms with Crippen LogP contribution in [0.5, 0.6) is 0 Å². The fraction of sp³-hybridized carbons (Fsp3) is 0.444. The fourth-order valence-corrected chi connectivity index (χ4v) is 4.08. The normalized spacial score (nSPS) is 17.3. The van der Waals surface area contributed by atoms with Crippen molar-refractivity contribution < 1.29 is 9.53 Å². The van der Waals surface area contributed by atoms with E-state index in [-0.39, 0.29) is 18.3 Å². The van der Waals surface area contributed by atoms with Crippen LogP contribution in [0.3, 0.4) is 0 Å². The predicted octanol–water partition coefficient (Wildman–Crippen LogP) is 2.06. The number of morpholine rings is 1. The second-order valence-electron chi connectivity index (χ2n) is 6.32. The third kappa shape index (κ3) is 4.70. The summed E-state index contributed by atoms with van der Waals surface area (Å²) in [5.41, 5.74) is 2.36. The number of benzene rings is 1. The number of aromatic nitrogens is 1. The summed E-state index contributed by atoms with van der Waals surface area (Å²) in [5, 5.41) is 9.10. The van der Waals surface area contributed by atoms with Gasteiger partial charge in [-0.15, -0.1) is 23.7 Å². The van der Waals surface area contributed by atoms with Crippen molar-refractivity contribution in [2.24, 2.45) is 0 Å². The van der Waals surface area contributed by atoms with E-state index in [1.807, 2.05) is 23.6 Å². The minimum Gasteiger partial charge on any atom is -0.378 e. The molecule has 1 aromatic carbocycles. The molecule has 0 spiro atoms. The van der Waals surface area contributed by atoms with Crippen LogP contribution in [-0.4, -0.2) is 63.4 Å². The third-order valence-corrected chi connectivity index (χ3v) is 5.52. The monoisotopic (exact) mass is 409 g/mol. The third-order valence-electron chi connectivity index (χ3n) is 4.62. The molecule has 2 aromatic rings. The molecule has 0 atom stereocenters. The number of ether oxygens (including phenoxy) is 1. The van der Waals surface area contributed by atoms with Gasteiger partial charge in [0.05, 0.1) is 24.6 Å². The van der Waals surface area contributed by atoms with E-state index in [0.717, 1.165) is 55.8 Å². The lowest BCUT2D eigenvalue weighted by atomic mass is 10.2. The van der Waals surface area contributed by atoms with Crippen molar-refractivity contribution in [3.05, 3.63) is 35.3 Å². The summed E-state index contributed by atoms with van der Waals surface area (Å²) in [6.45, 7) is 6.84. The molecule has 2 fully saturated rings. The fourth-order valence-electron chi connectivity index (χ4n) is 3.22. The molecule has 2 aliphatic rings. The minimum absolute atomic E-state index is 0. The molecule has 0 radical (unpaired) electrons. The number of amides is 1.